The molecule has 0 aromatic heterocycles. The third-order valence-corrected chi connectivity index (χ3v) is 6.60. The highest BCUT2D eigenvalue weighted by molar-refractivity contribution is 5.84. The third-order valence-electron chi connectivity index (χ3n) is 6.60. The van der Waals surface area contributed by atoms with Gasteiger partial charge in [-0.15, -0.1) is 0 Å². The van der Waals surface area contributed by atoms with Crippen molar-refractivity contribution in [3.63, 3.8) is 0 Å². The van der Waals surface area contributed by atoms with Crippen molar-refractivity contribution in [1.82, 2.24) is 9.80 Å². The van der Waals surface area contributed by atoms with Gasteiger partial charge in [-0.2, -0.15) is 0 Å². The second-order valence-corrected chi connectivity index (χ2v) is 8.35. The Morgan fingerprint density at radius 3 is 2.81 bits per heavy atom. The minimum atomic E-state index is -0.280. The van der Waals surface area contributed by atoms with Crippen LogP contribution < -0.4 is 4.74 Å². The monoisotopic (exact) mass is 360 g/mol. The summed E-state index contributed by atoms with van der Waals surface area (Å²) in [6.45, 7) is 4.34. The van der Waals surface area contributed by atoms with Crippen molar-refractivity contribution in [2.24, 2.45) is 11.3 Å². The molecule has 26 heavy (non-hydrogen) atoms. The molecule has 2 saturated heterocycles. The Labute approximate surface area is 155 Å². The summed E-state index contributed by atoms with van der Waals surface area (Å²) in [5, 5.41) is 0. The molecule has 3 fully saturated rings. The fourth-order valence-corrected chi connectivity index (χ4v) is 4.88. The molecule has 3 aliphatic rings. The molecule has 1 unspecified atom stereocenters. The molecule has 2 aliphatic heterocycles. The van der Waals surface area contributed by atoms with Crippen LogP contribution in [0.3, 0.4) is 0 Å². The molecule has 1 atom stereocenters. The smallest absolute Gasteiger partial charge is 0.230 e. The molecule has 0 N–H and O–H groups in total. The second kappa shape index (κ2) is 7.18. The van der Waals surface area contributed by atoms with Crippen LogP contribution in [0.5, 0.6) is 5.75 Å². The van der Waals surface area contributed by atoms with Gasteiger partial charge in [0.1, 0.15) is 11.6 Å². The molecule has 0 radical (unpaired) electrons. The summed E-state index contributed by atoms with van der Waals surface area (Å²) in [5.74, 6) is 1.42. The molecule has 142 valence electrons. The number of rotatable bonds is 5. The van der Waals surface area contributed by atoms with Crippen LogP contribution in [0.2, 0.25) is 0 Å². The Morgan fingerprint density at radius 1 is 1.23 bits per heavy atom. The van der Waals surface area contributed by atoms with Crippen molar-refractivity contribution in [2.75, 3.05) is 33.3 Å². The summed E-state index contributed by atoms with van der Waals surface area (Å²) in [6.07, 6.45) is 6.96. The van der Waals surface area contributed by atoms with E-state index in [0.717, 1.165) is 56.9 Å². The Morgan fingerprint density at radius 2 is 2.08 bits per heavy atom. The largest absolute Gasteiger partial charge is 0.496 e. The average molecular weight is 360 g/mol. The van der Waals surface area contributed by atoms with Crippen LogP contribution in [-0.2, 0) is 11.3 Å². The maximum absolute atomic E-state index is 13.4. The van der Waals surface area contributed by atoms with Crippen LogP contribution in [0.1, 0.15) is 44.1 Å². The van der Waals surface area contributed by atoms with Crippen molar-refractivity contribution in [3.8, 4) is 5.75 Å². The molecule has 4 nitrogen and oxygen atoms in total. The first-order valence-corrected chi connectivity index (χ1v) is 9.94. The van der Waals surface area contributed by atoms with Gasteiger partial charge in [0.25, 0.3) is 0 Å². The molecule has 1 spiro atoms. The van der Waals surface area contributed by atoms with Gasteiger partial charge in [-0.3, -0.25) is 9.69 Å². The van der Waals surface area contributed by atoms with Crippen molar-refractivity contribution < 1.29 is 13.9 Å². The van der Waals surface area contributed by atoms with Gasteiger partial charge in [-0.25, -0.2) is 4.39 Å². The number of piperidine rings is 1. The zero-order valence-electron chi connectivity index (χ0n) is 15.7. The summed E-state index contributed by atoms with van der Waals surface area (Å²) >= 11 is 0. The quantitative estimate of drug-likeness (QED) is 0.806. The minimum Gasteiger partial charge on any atom is -0.496 e. The molecule has 1 aromatic carbocycles. The first kappa shape index (κ1) is 17.8. The zero-order valence-corrected chi connectivity index (χ0v) is 15.7. The van der Waals surface area contributed by atoms with E-state index in [4.69, 9.17) is 4.74 Å². The lowest BCUT2D eigenvalue weighted by atomic mass is 9.77. The number of halogens is 1. The Balaban J connectivity index is 1.42. The summed E-state index contributed by atoms with van der Waals surface area (Å²) in [7, 11) is 1.58. The number of amides is 1. The normalized spacial score (nSPS) is 27.2. The minimum absolute atomic E-state index is 0.199. The highest BCUT2D eigenvalue weighted by atomic mass is 19.1. The number of hydrogen-bond donors (Lipinski definition) is 0. The fourth-order valence-electron chi connectivity index (χ4n) is 4.88. The number of methoxy groups -OCH3 is 1. The molecule has 1 saturated carbocycles. The predicted octanol–water partition coefficient (Wildman–Crippen LogP) is 3.45. The van der Waals surface area contributed by atoms with Gasteiger partial charge in [0.05, 0.1) is 12.5 Å². The second-order valence-electron chi connectivity index (χ2n) is 8.35. The number of carbonyl (C=O) groups excluding carboxylic acids is 1. The number of hydrogen-bond acceptors (Lipinski definition) is 3. The van der Waals surface area contributed by atoms with Gasteiger partial charge in [0.2, 0.25) is 5.91 Å². The number of ether oxygens (including phenoxy) is 1. The van der Waals surface area contributed by atoms with Gasteiger partial charge in [0, 0.05) is 37.8 Å². The maximum atomic E-state index is 13.4. The van der Waals surface area contributed by atoms with Crippen LogP contribution in [0.15, 0.2) is 18.2 Å². The molecule has 1 aliphatic carbocycles. The van der Waals surface area contributed by atoms with Crippen molar-refractivity contribution in [2.45, 2.75) is 45.1 Å². The lowest BCUT2D eigenvalue weighted by molar-refractivity contribution is -0.146. The number of likely N-dealkylation sites (tertiary alicyclic amines) is 2. The lowest BCUT2D eigenvalue weighted by Crippen LogP contribution is -2.51. The molecule has 4 rings (SSSR count). The maximum Gasteiger partial charge on any atom is 0.230 e. The molecular weight excluding hydrogens is 331 g/mol. The van der Waals surface area contributed by atoms with Crippen LogP contribution in [0.4, 0.5) is 4.39 Å². The van der Waals surface area contributed by atoms with Gasteiger partial charge >= 0.3 is 0 Å². The van der Waals surface area contributed by atoms with E-state index in [0.29, 0.717) is 18.2 Å². The summed E-state index contributed by atoms with van der Waals surface area (Å²) in [4.78, 5) is 17.7. The lowest BCUT2D eigenvalue weighted by Gasteiger charge is -2.42. The topological polar surface area (TPSA) is 32.8 Å². The van der Waals surface area contributed by atoms with E-state index in [1.807, 2.05) is 0 Å². The first-order valence-electron chi connectivity index (χ1n) is 9.94. The van der Waals surface area contributed by atoms with Crippen LogP contribution >= 0.6 is 0 Å². The Bertz CT molecular complexity index is 676. The SMILES string of the molecule is COc1cc(F)ccc1CN1CCC2(CCCN(CC3CCC3)C2=O)C1. The Kier molecular flexibility index (Phi) is 4.91. The van der Waals surface area contributed by atoms with Gasteiger partial charge in [-0.1, -0.05) is 12.5 Å². The van der Waals surface area contributed by atoms with Gasteiger partial charge in [-0.05, 0) is 50.6 Å². The fraction of sp³-hybridized carbons (Fsp3) is 0.667. The molecule has 5 heteroatoms. The average Bonchev–Trinajstić information content (AvgIpc) is 3.00. The number of nitrogens with zero attached hydrogens (tertiary/aromatic N) is 2. The molecule has 1 aromatic rings. The number of carbonyl (C=O) groups is 1. The summed E-state index contributed by atoms with van der Waals surface area (Å²) < 4.78 is 18.8. The van der Waals surface area contributed by atoms with Crippen LogP contribution in [-0.4, -0.2) is 49.0 Å². The van der Waals surface area contributed by atoms with E-state index in [1.54, 1.807) is 13.2 Å². The highest BCUT2D eigenvalue weighted by Crippen LogP contribution is 2.42. The zero-order chi connectivity index (χ0) is 18.1. The van der Waals surface area contributed by atoms with E-state index < -0.39 is 0 Å². The number of benzene rings is 1. The third kappa shape index (κ3) is 3.34. The standard InChI is InChI=1S/C21H29FN2O2/c1-26-19-12-18(22)7-6-17(19)14-23-11-9-21(15-23)8-3-10-24(20(21)25)13-16-4-2-5-16/h6-7,12,16H,2-5,8-11,13-15H2,1H3. The predicted molar refractivity (Wildman–Crippen MR) is 98.4 cm³/mol. The Hall–Kier alpha value is -1.62. The molecule has 1 amide bonds. The molecular formula is C21H29FN2O2. The van der Waals surface area contributed by atoms with E-state index in [1.165, 1.54) is 31.4 Å². The van der Waals surface area contributed by atoms with Crippen LogP contribution in [0, 0.1) is 17.2 Å². The van der Waals surface area contributed by atoms with E-state index in [2.05, 4.69) is 9.80 Å². The van der Waals surface area contributed by atoms with Crippen molar-refractivity contribution >= 4 is 5.91 Å². The molecule has 0 bridgehead atoms. The van der Waals surface area contributed by atoms with E-state index in [9.17, 15) is 9.18 Å². The van der Waals surface area contributed by atoms with E-state index >= 15 is 0 Å². The summed E-state index contributed by atoms with van der Waals surface area (Å²) in [6, 6.07) is 4.72. The van der Waals surface area contributed by atoms with Gasteiger partial charge < -0.3 is 9.64 Å². The highest BCUT2D eigenvalue weighted by Gasteiger charge is 2.48. The van der Waals surface area contributed by atoms with Crippen molar-refractivity contribution in [3.05, 3.63) is 29.6 Å². The molecule has 2 heterocycles. The summed E-state index contributed by atoms with van der Waals surface area (Å²) in [5.41, 5.74) is 0.787. The van der Waals surface area contributed by atoms with Crippen molar-refractivity contribution in [1.29, 1.82) is 0 Å². The van der Waals surface area contributed by atoms with E-state index in [-0.39, 0.29) is 11.2 Å². The van der Waals surface area contributed by atoms with Gasteiger partial charge in [0.15, 0.2) is 0 Å². The first-order chi connectivity index (χ1) is 12.6. The van der Waals surface area contributed by atoms with Crippen LogP contribution in [0.25, 0.3) is 0 Å².